The molecule has 0 unspecified atom stereocenters. The first kappa shape index (κ1) is 13.0. The van der Waals surface area contributed by atoms with Gasteiger partial charge in [0.05, 0.1) is 12.2 Å². The maximum Gasteiger partial charge on any atom is 0.338 e. The molecule has 0 fully saturated rings. The minimum atomic E-state index is -0.316. The van der Waals surface area contributed by atoms with Crippen molar-refractivity contribution in [3.8, 4) is 0 Å². The van der Waals surface area contributed by atoms with E-state index in [1.54, 1.807) is 18.2 Å². The van der Waals surface area contributed by atoms with E-state index in [0.717, 1.165) is 23.7 Å². The van der Waals surface area contributed by atoms with Crippen molar-refractivity contribution in [2.24, 2.45) is 0 Å². The lowest BCUT2D eigenvalue weighted by atomic mass is 10.2. The molecule has 88 valence electrons. The van der Waals surface area contributed by atoms with Crippen molar-refractivity contribution in [1.82, 2.24) is 0 Å². The van der Waals surface area contributed by atoms with Crippen LogP contribution in [0.2, 0.25) is 0 Å². The zero-order valence-corrected chi connectivity index (χ0v) is 10.9. The molecule has 4 heteroatoms. The Hall–Kier alpha value is -1.03. The summed E-state index contributed by atoms with van der Waals surface area (Å²) in [5.74, 6) is -0.316. The van der Waals surface area contributed by atoms with E-state index in [-0.39, 0.29) is 5.97 Å². The lowest BCUT2D eigenvalue weighted by Gasteiger charge is -2.05. The molecular formula is C12H16BrNO2. The number of hydrogen-bond acceptors (Lipinski definition) is 3. The Kier molecular flexibility index (Phi) is 5.32. The first-order valence-corrected chi connectivity index (χ1v) is 6.16. The Morgan fingerprint density at radius 1 is 1.38 bits per heavy atom. The summed E-state index contributed by atoms with van der Waals surface area (Å²) >= 11 is 3.29. The largest absolute Gasteiger partial charge is 0.462 e. The lowest BCUT2D eigenvalue weighted by molar-refractivity contribution is 0.0498. The van der Waals surface area contributed by atoms with Crippen molar-refractivity contribution in [1.29, 1.82) is 0 Å². The second-order valence-electron chi connectivity index (χ2n) is 3.62. The van der Waals surface area contributed by atoms with Gasteiger partial charge in [-0.15, -0.1) is 0 Å². The minimum absolute atomic E-state index is 0.316. The average Bonchev–Trinajstić information content (AvgIpc) is 2.22. The van der Waals surface area contributed by atoms with E-state index in [9.17, 15) is 4.79 Å². The van der Waals surface area contributed by atoms with Gasteiger partial charge in [-0.05, 0) is 24.6 Å². The van der Waals surface area contributed by atoms with Crippen LogP contribution in [-0.2, 0) is 4.74 Å². The summed E-state index contributed by atoms with van der Waals surface area (Å²) in [6.07, 6.45) is 3.10. The van der Waals surface area contributed by atoms with Crippen LogP contribution in [0.3, 0.4) is 0 Å². The number of benzene rings is 1. The molecule has 2 N–H and O–H groups in total. The number of anilines is 1. The van der Waals surface area contributed by atoms with Gasteiger partial charge in [0.15, 0.2) is 0 Å². The average molecular weight is 286 g/mol. The van der Waals surface area contributed by atoms with Crippen LogP contribution in [-0.4, -0.2) is 12.6 Å². The van der Waals surface area contributed by atoms with E-state index in [1.165, 1.54) is 0 Å². The van der Waals surface area contributed by atoms with Crippen molar-refractivity contribution in [2.45, 2.75) is 26.2 Å². The smallest absolute Gasteiger partial charge is 0.338 e. The summed E-state index contributed by atoms with van der Waals surface area (Å²) < 4.78 is 5.91. The predicted octanol–water partition coefficient (Wildman–Crippen LogP) is 3.38. The third kappa shape index (κ3) is 4.23. The van der Waals surface area contributed by atoms with Crippen LogP contribution in [0.1, 0.15) is 36.5 Å². The molecule has 0 saturated carbocycles. The standard InChI is InChI=1S/C12H16BrNO2/c1-2-3-4-5-16-12(15)9-6-10(13)8-11(14)7-9/h6-8H,2-5,14H2,1H3. The zero-order chi connectivity index (χ0) is 12.0. The van der Waals surface area contributed by atoms with E-state index >= 15 is 0 Å². The Balaban J connectivity index is 2.52. The molecule has 0 aliphatic carbocycles. The van der Waals surface area contributed by atoms with E-state index in [0.29, 0.717) is 17.9 Å². The fourth-order valence-corrected chi connectivity index (χ4v) is 1.84. The summed E-state index contributed by atoms with van der Waals surface area (Å²) in [5, 5.41) is 0. The third-order valence-electron chi connectivity index (χ3n) is 2.14. The van der Waals surface area contributed by atoms with Crippen molar-refractivity contribution in [2.75, 3.05) is 12.3 Å². The number of ether oxygens (including phenoxy) is 1. The fourth-order valence-electron chi connectivity index (χ4n) is 1.33. The van der Waals surface area contributed by atoms with Crippen molar-refractivity contribution in [3.05, 3.63) is 28.2 Å². The van der Waals surface area contributed by atoms with Gasteiger partial charge in [0, 0.05) is 10.2 Å². The second-order valence-corrected chi connectivity index (χ2v) is 4.53. The molecule has 0 saturated heterocycles. The number of carbonyl (C=O) groups excluding carboxylic acids is 1. The van der Waals surface area contributed by atoms with Crippen LogP contribution >= 0.6 is 15.9 Å². The van der Waals surface area contributed by atoms with Gasteiger partial charge in [0.1, 0.15) is 0 Å². The van der Waals surface area contributed by atoms with Crippen LogP contribution in [0.15, 0.2) is 22.7 Å². The van der Waals surface area contributed by atoms with Gasteiger partial charge in [-0.1, -0.05) is 35.7 Å². The summed E-state index contributed by atoms with van der Waals surface area (Å²) in [6.45, 7) is 2.58. The number of unbranched alkanes of at least 4 members (excludes halogenated alkanes) is 2. The van der Waals surface area contributed by atoms with Gasteiger partial charge in [0.25, 0.3) is 0 Å². The molecule has 16 heavy (non-hydrogen) atoms. The first-order valence-electron chi connectivity index (χ1n) is 5.36. The molecule has 0 aliphatic heterocycles. The summed E-state index contributed by atoms with van der Waals surface area (Å²) in [7, 11) is 0. The fraction of sp³-hybridized carbons (Fsp3) is 0.417. The second kappa shape index (κ2) is 6.53. The molecule has 0 atom stereocenters. The number of nitrogens with two attached hydrogens (primary N) is 1. The molecule has 3 nitrogen and oxygen atoms in total. The number of halogens is 1. The first-order chi connectivity index (χ1) is 7.63. The third-order valence-corrected chi connectivity index (χ3v) is 2.59. The number of hydrogen-bond donors (Lipinski definition) is 1. The highest BCUT2D eigenvalue weighted by Crippen LogP contribution is 2.18. The monoisotopic (exact) mass is 285 g/mol. The van der Waals surface area contributed by atoms with Gasteiger partial charge in [-0.25, -0.2) is 4.79 Å². The molecule has 0 spiro atoms. The molecule has 0 amide bonds. The molecule has 1 rings (SSSR count). The topological polar surface area (TPSA) is 52.3 Å². The SMILES string of the molecule is CCCCCOC(=O)c1cc(N)cc(Br)c1. The highest BCUT2D eigenvalue weighted by molar-refractivity contribution is 9.10. The Bertz CT molecular complexity index is 346. The molecular weight excluding hydrogens is 270 g/mol. The van der Waals surface area contributed by atoms with E-state index in [4.69, 9.17) is 10.5 Å². The van der Waals surface area contributed by atoms with Gasteiger partial charge >= 0.3 is 5.97 Å². The van der Waals surface area contributed by atoms with E-state index in [2.05, 4.69) is 22.9 Å². The number of esters is 1. The van der Waals surface area contributed by atoms with Crippen LogP contribution < -0.4 is 5.73 Å². The Morgan fingerprint density at radius 2 is 2.12 bits per heavy atom. The lowest BCUT2D eigenvalue weighted by Crippen LogP contribution is -2.07. The van der Waals surface area contributed by atoms with Gasteiger partial charge in [-0.2, -0.15) is 0 Å². The van der Waals surface area contributed by atoms with Gasteiger partial charge < -0.3 is 10.5 Å². The zero-order valence-electron chi connectivity index (χ0n) is 9.33. The van der Waals surface area contributed by atoms with Crippen LogP contribution in [0.25, 0.3) is 0 Å². The van der Waals surface area contributed by atoms with Crippen LogP contribution in [0, 0.1) is 0 Å². The van der Waals surface area contributed by atoms with Crippen molar-refractivity contribution in [3.63, 3.8) is 0 Å². The molecule has 1 aromatic carbocycles. The molecule has 0 aliphatic rings. The molecule has 0 bridgehead atoms. The molecule has 1 aromatic rings. The highest BCUT2D eigenvalue weighted by atomic mass is 79.9. The predicted molar refractivity (Wildman–Crippen MR) is 68.4 cm³/mol. The molecule has 0 aromatic heterocycles. The maximum absolute atomic E-state index is 11.6. The Labute approximate surface area is 104 Å². The van der Waals surface area contributed by atoms with E-state index < -0.39 is 0 Å². The number of carbonyl (C=O) groups is 1. The van der Waals surface area contributed by atoms with Crippen molar-refractivity contribution >= 4 is 27.6 Å². The highest BCUT2D eigenvalue weighted by Gasteiger charge is 2.08. The van der Waals surface area contributed by atoms with E-state index in [1.807, 2.05) is 0 Å². The maximum atomic E-state index is 11.6. The normalized spacial score (nSPS) is 10.1. The number of rotatable bonds is 5. The number of nitrogen functional groups attached to an aromatic ring is 1. The van der Waals surface area contributed by atoms with Crippen molar-refractivity contribution < 1.29 is 9.53 Å². The summed E-state index contributed by atoms with van der Waals surface area (Å²) in [6, 6.07) is 5.07. The molecule has 0 heterocycles. The summed E-state index contributed by atoms with van der Waals surface area (Å²) in [5.41, 5.74) is 6.68. The van der Waals surface area contributed by atoms with Crippen LogP contribution in [0.5, 0.6) is 0 Å². The van der Waals surface area contributed by atoms with Gasteiger partial charge in [-0.3, -0.25) is 0 Å². The van der Waals surface area contributed by atoms with Crippen LogP contribution in [0.4, 0.5) is 5.69 Å². The van der Waals surface area contributed by atoms with Gasteiger partial charge in [0.2, 0.25) is 0 Å². The Morgan fingerprint density at radius 3 is 2.75 bits per heavy atom. The summed E-state index contributed by atoms with van der Waals surface area (Å²) in [4.78, 5) is 11.6. The quantitative estimate of drug-likeness (QED) is 0.513. The minimum Gasteiger partial charge on any atom is -0.462 e. The molecule has 0 radical (unpaired) electrons.